The Morgan fingerprint density at radius 3 is 2.60 bits per heavy atom. The first kappa shape index (κ1) is 14.4. The maximum absolute atomic E-state index is 11.3. The maximum atomic E-state index is 11.3. The standard InChI is InChI=1S/C9H18NO4P/c1-4-5-6-7-14-15(12,13)10-9(11)8(2)3/h2,4-7H2,1,3H3,(H2,10,11,12,13). The lowest BCUT2D eigenvalue weighted by molar-refractivity contribution is -0.116. The molecule has 1 atom stereocenters. The van der Waals surface area contributed by atoms with Gasteiger partial charge in [-0.3, -0.25) is 14.4 Å². The monoisotopic (exact) mass is 235 g/mol. The first-order valence-electron chi connectivity index (χ1n) is 4.84. The summed E-state index contributed by atoms with van der Waals surface area (Å²) in [4.78, 5) is 20.2. The van der Waals surface area contributed by atoms with E-state index < -0.39 is 13.7 Å². The third kappa shape index (κ3) is 7.31. The number of carbonyl (C=O) groups is 1. The van der Waals surface area contributed by atoms with Gasteiger partial charge in [0.25, 0.3) is 5.91 Å². The number of unbranched alkanes of at least 4 members (excludes halogenated alkanes) is 2. The van der Waals surface area contributed by atoms with Crippen LogP contribution in [0.25, 0.3) is 0 Å². The second kappa shape index (κ2) is 6.77. The van der Waals surface area contributed by atoms with Gasteiger partial charge in [0.1, 0.15) is 0 Å². The fourth-order valence-electron chi connectivity index (χ4n) is 0.796. The fraction of sp³-hybridized carbons (Fsp3) is 0.667. The van der Waals surface area contributed by atoms with Gasteiger partial charge < -0.3 is 4.89 Å². The maximum Gasteiger partial charge on any atom is 0.432 e. The average Bonchev–Trinajstić information content (AvgIpc) is 2.11. The van der Waals surface area contributed by atoms with Crippen molar-refractivity contribution in [1.82, 2.24) is 5.09 Å². The summed E-state index contributed by atoms with van der Waals surface area (Å²) in [5.74, 6) is -0.670. The van der Waals surface area contributed by atoms with Crippen LogP contribution >= 0.6 is 7.75 Å². The van der Waals surface area contributed by atoms with Gasteiger partial charge in [-0.15, -0.1) is 0 Å². The first-order chi connectivity index (χ1) is 6.89. The van der Waals surface area contributed by atoms with Crippen LogP contribution in [0, 0.1) is 0 Å². The number of amides is 1. The van der Waals surface area contributed by atoms with E-state index in [4.69, 9.17) is 4.52 Å². The van der Waals surface area contributed by atoms with Gasteiger partial charge >= 0.3 is 7.75 Å². The predicted molar refractivity (Wildman–Crippen MR) is 58.3 cm³/mol. The zero-order valence-electron chi connectivity index (χ0n) is 9.15. The Morgan fingerprint density at radius 1 is 1.53 bits per heavy atom. The SMILES string of the molecule is C=C(C)C(=O)NP(=O)(O)OCCCCC. The lowest BCUT2D eigenvalue weighted by Crippen LogP contribution is -2.21. The minimum absolute atomic E-state index is 0.165. The Balaban J connectivity index is 3.92. The lowest BCUT2D eigenvalue weighted by Gasteiger charge is -2.12. The minimum atomic E-state index is -4.00. The van der Waals surface area contributed by atoms with E-state index in [2.05, 4.69) is 6.58 Å². The van der Waals surface area contributed by atoms with Crippen molar-refractivity contribution in [2.45, 2.75) is 33.1 Å². The van der Waals surface area contributed by atoms with E-state index in [9.17, 15) is 14.3 Å². The molecule has 0 saturated carbocycles. The van der Waals surface area contributed by atoms with E-state index in [1.54, 1.807) is 0 Å². The summed E-state index contributed by atoms with van der Waals surface area (Å²) in [6.45, 7) is 6.98. The van der Waals surface area contributed by atoms with E-state index in [1.807, 2.05) is 12.0 Å². The Morgan fingerprint density at radius 2 is 2.13 bits per heavy atom. The minimum Gasteiger partial charge on any atom is -0.308 e. The van der Waals surface area contributed by atoms with Crippen molar-refractivity contribution in [1.29, 1.82) is 0 Å². The smallest absolute Gasteiger partial charge is 0.308 e. The summed E-state index contributed by atoms with van der Waals surface area (Å²) >= 11 is 0. The summed E-state index contributed by atoms with van der Waals surface area (Å²) in [7, 11) is -4.00. The van der Waals surface area contributed by atoms with E-state index >= 15 is 0 Å². The first-order valence-corrected chi connectivity index (χ1v) is 6.42. The van der Waals surface area contributed by atoms with Gasteiger partial charge in [0.05, 0.1) is 6.61 Å². The van der Waals surface area contributed by atoms with Crippen molar-refractivity contribution in [3.05, 3.63) is 12.2 Å². The van der Waals surface area contributed by atoms with Crippen LogP contribution in [0.15, 0.2) is 12.2 Å². The molecule has 1 unspecified atom stereocenters. The highest BCUT2D eigenvalue weighted by Crippen LogP contribution is 2.37. The molecule has 0 spiro atoms. The van der Waals surface area contributed by atoms with Crippen molar-refractivity contribution in [2.24, 2.45) is 0 Å². The largest absolute Gasteiger partial charge is 0.432 e. The highest BCUT2D eigenvalue weighted by Gasteiger charge is 2.22. The highest BCUT2D eigenvalue weighted by atomic mass is 31.2. The number of nitrogens with one attached hydrogen (secondary N) is 1. The summed E-state index contributed by atoms with van der Waals surface area (Å²) in [5.41, 5.74) is 0.168. The number of hydrogen-bond acceptors (Lipinski definition) is 3. The van der Waals surface area contributed by atoms with Gasteiger partial charge in [-0.25, -0.2) is 4.57 Å². The van der Waals surface area contributed by atoms with Crippen LogP contribution in [0.3, 0.4) is 0 Å². The Bertz CT molecular complexity index is 277. The van der Waals surface area contributed by atoms with Crippen molar-refractivity contribution in [3.8, 4) is 0 Å². The Hall–Kier alpha value is -0.640. The molecule has 0 rings (SSSR count). The van der Waals surface area contributed by atoms with Crippen LogP contribution in [0.4, 0.5) is 0 Å². The van der Waals surface area contributed by atoms with E-state index in [0.29, 0.717) is 6.42 Å². The zero-order chi connectivity index (χ0) is 11.9. The van der Waals surface area contributed by atoms with Crippen molar-refractivity contribution in [2.75, 3.05) is 6.61 Å². The Kier molecular flexibility index (Phi) is 6.48. The predicted octanol–water partition coefficient (Wildman–Crippen LogP) is 1.99. The molecule has 0 aromatic rings. The van der Waals surface area contributed by atoms with Gasteiger partial charge in [0.2, 0.25) is 0 Å². The molecular weight excluding hydrogens is 217 g/mol. The molecule has 0 aromatic heterocycles. The van der Waals surface area contributed by atoms with Gasteiger partial charge in [0.15, 0.2) is 0 Å². The quantitative estimate of drug-likeness (QED) is 0.402. The summed E-state index contributed by atoms with van der Waals surface area (Å²) in [5, 5.41) is 1.88. The van der Waals surface area contributed by atoms with Crippen molar-refractivity contribution < 1.29 is 18.8 Å². The molecule has 0 saturated heterocycles. The van der Waals surface area contributed by atoms with Gasteiger partial charge in [-0.2, -0.15) is 0 Å². The molecule has 1 amide bonds. The molecule has 0 radical (unpaired) electrons. The second-order valence-corrected chi connectivity index (χ2v) is 4.80. The molecule has 0 aliphatic heterocycles. The molecule has 15 heavy (non-hydrogen) atoms. The molecule has 0 bridgehead atoms. The summed E-state index contributed by atoms with van der Waals surface area (Å²) < 4.78 is 15.9. The molecule has 0 heterocycles. The topological polar surface area (TPSA) is 75.6 Å². The number of carbonyl (C=O) groups excluding carboxylic acids is 1. The van der Waals surface area contributed by atoms with Gasteiger partial charge in [-0.05, 0) is 13.3 Å². The number of hydrogen-bond donors (Lipinski definition) is 2. The van der Waals surface area contributed by atoms with Crippen LogP contribution in [0.5, 0.6) is 0 Å². The summed E-state index contributed by atoms with van der Waals surface area (Å²) in [6.07, 6.45) is 2.62. The molecule has 5 nitrogen and oxygen atoms in total. The molecule has 88 valence electrons. The van der Waals surface area contributed by atoms with E-state index in [-0.39, 0.29) is 12.2 Å². The van der Waals surface area contributed by atoms with Gasteiger partial charge in [0, 0.05) is 5.57 Å². The van der Waals surface area contributed by atoms with E-state index in [1.165, 1.54) is 6.92 Å². The third-order valence-corrected chi connectivity index (χ3v) is 2.66. The third-order valence-electron chi connectivity index (χ3n) is 1.64. The highest BCUT2D eigenvalue weighted by molar-refractivity contribution is 7.51. The molecule has 0 aromatic carbocycles. The van der Waals surface area contributed by atoms with E-state index in [0.717, 1.165) is 12.8 Å². The summed E-state index contributed by atoms with van der Waals surface area (Å²) in [6, 6.07) is 0. The molecule has 0 fully saturated rings. The van der Waals surface area contributed by atoms with Crippen LogP contribution in [0.2, 0.25) is 0 Å². The van der Waals surface area contributed by atoms with Gasteiger partial charge in [-0.1, -0.05) is 26.3 Å². The molecule has 2 N–H and O–H groups in total. The average molecular weight is 235 g/mol. The van der Waals surface area contributed by atoms with Crippen molar-refractivity contribution >= 4 is 13.7 Å². The number of rotatable bonds is 7. The fourth-order valence-corrected chi connectivity index (χ4v) is 1.69. The van der Waals surface area contributed by atoms with Crippen LogP contribution in [-0.2, 0) is 13.9 Å². The van der Waals surface area contributed by atoms with Crippen molar-refractivity contribution in [3.63, 3.8) is 0 Å². The van der Waals surface area contributed by atoms with Crippen LogP contribution in [-0.4, -0.2) is 17.4 Å². The Labute approximate surface area is 90.1 Å². The molecule has 0 aliphatic carbocycles. The molecule has 6 heteroatoms. The lowest BCUT2D eigenvalue weighted by atomic mass is 10.3. The van der Waals surface area contributed by atoms with Crippen LogP contribution in [0.1, 0.15) is 33.1 Å². The normalized spacial score (nSPS) is 14.3. The molecular formula is C9H18NO4P. The second-order valence-electron chi connectivity index (χ2n) is 3.28. The van der Waals surface area contributed by atoms with Crippen LogP contribution < -0.4 is 5.09 Å². The zero-order valence-corrected chi connectivity index (χ0v) is 10.0. The molecule has 0 aliphatic rings.